The topological polar surface area (TPSA) is 130 Å². The van der Waals surface area contributed by atoms with Crippen LogP contribution in [0.25, 0.3) is 0 Å². The Morgan fingerprint density at radius 1 is 1.32 bits per heavy atom. The Hall–Kier alpha value is -2.64. The lowest BCUT2D eigenvalue weighted by Crippen LogP contribution is -2.32. The van der Waals surface area contributed by atoms with E-state index in [1.54, 1.807) is 0 Å². The van der Waals surface area contributed by atoms with Gasteiger partial charge in [0, 0.05) is 5.69 Å². The van der Waals surface area contributed by atoms with Crippen LogP contribution >= 0.6 is 0 Å². The van der Waals surface area contributed by atoms with E-state index in [9.17, 15) is 18.8 Å². The summed E-state index contributed by atoms with van der Waals surface area (Å²) < 4.78 is 13.0. The number of hydrogen-bond donors (Lipinski definition) is 4. The second kappa shape index (κ2) is 5.80. The number of carboxylic acid groups (broad SMARTS) is 2. The van der Waals surface area contributed by atoms with Crippen LogP contribution in [-0.2, 0) is 9.59 Å². The van der Waals surface area contributed by atoms with Gasteiger partial charge >= 0.3 is 11.9 Å². The van der Waals surface area contributed by atoms with E-state index in [1.165, 1.54) is 0 Å². The normalized spacial score (nSPS) is 11.6. The van der Waals surface area contributed by atoms with Crippen molar-refractivity contribution in [1.29, 1.82) is 0 Å². The second-order valence-electron chi connectivity index (χ2n) is 3.69. The number of aliphatic carboxylic acids is 2. The van der Waals surface area contributed by atoms with Crippen molar-refractivity contribution in [3.8, 4) is 0 Å². The molecule has 0 radical (unpaired) electrons. The summed E-state index contributed by atoms with van der Waals surface area (Å²) in [6, 6.07) is 1.49. The minimum absolute atomic E-state index is 0.0393. The molecule has 1 unspecified atom stereocenters. The van der Waals surface area contributed by atoms with Gasteiger partial charge in [-0.15, -0.1) is 0 Å². The number of rotatable bonds is 6. The van der Waals surface area contributed by atoms with Crippen LogP contribution < -0.4 is 11.1 Å². The largest absolute Gasteiger partial charge is 0.481 e. The standard InChI is InChI=1S/C11H11FN2O5/c12-5-1-2-7(6(3-5)10(13)17)14-8(11(18)19)4-9(15)16/h1-3,8,14H,4H2,(H2,13,17)(H,15,16)(H,18,19). The number of halogens is 1. The first kappa shape index (κ1) is 14.4. The molecule has 0 bridgehead atoms. The van der Waals surface area contributed by atoms with Crippen LogP contribution in [0.3, 0.4) is 0 Å². The first-order valence-electron chi connectivity index (χ1n) is 5.11. The molecule has 1 amide bonds. The highest BCUT2D eigenvalue weighted by Gasteiger charge is 2.22. The maximum absolute atomic E-state index is 13.0. The zero-order chi connectivity index (χ0) is 14.6. The van der Waals surface area contributed by atoms with E-state index >= 15 is 0 Å². The lowest BCUT2D eigenvalue weighted by molar-refractivity contribution is -0.144. The van der Waals surface area contributed by atoms with Crippen molar-refractivity contribution in [2.45, 2.75) is 12.5 Å². The summed E-state index contributed by atoms with van der Waals surface area (Å²) in [5, 5.41) is 19.8. The minimum Gasteiger partial charge on any atom is -0.481 e. The molecule has 7 nitrogen and oxygen atoms in total. The Labute approximate surface area is 106 Å². The maximum Gasteiger partial charge on any atom is 0.326 e. The van der Waals surface area contributed by atoms with Gasteiger partial charge in [0.2, 0.25) is 0 Å². The molecular weight excluding hydrogens is 259 g/mol. The number of anilines is 1. The molecule has 0 saturated carbocycles. The van der Waals surface area contributed by atoms with Crippen LogP contribution in [0.5, 0.6) is 0 Å². The lowest BCUT2D eigenvalue weighted by Gasteiger charge is -2.15. The van der Waals surface area contributed by atoms with Gasteiger partial charge in [0.25, 0.3) is 5.91 Å². The van der Waals surface area contributed by atoms with Crippen LogP contribution in [0, 0.1) is 5.82 Å². The smallest absolute Gasteiger partial charge is 0.326 e. The molecule has 102 valence electrons. The highest BCUT2D eigenvalue weighted by Crippen LogP contribution is 2.18. The van der Waals surface area contributed by atoms with Crippen LogP contribution in [-0.4, -0.2) is 34.1 Å². The molecule has 8 heteroatoms. The fourth-order valence-corrected chi connectivity index (χ4v) is 1.41. The van der Waals surface area contributed by atoms with Crippen molar-refractivity contribution in [2.24, 2.45) is 5.73 Å². The van der Waals surface area contributed by atoms with E-state index in [-0.39, 0.29) is 11.3 Å². The Morgan fingerprint density at radius 3 is 2.42 bits per heavy atom. The van der Waals surface area contributed by atoms with Gasteiger partial charge in [-0.3, -0.25) is 9.59 Å². The quantitative estimate of drug-likeness (QED) is 0.586. The molecule has 0 aliphatic rings. The molecular formula is C11H11FN2O5. The zero-order valence-electron chi connectivity index (χ0n) is 9.59. The number of nitrogens with one attached hydrogen (secondary N) is 1. The van der Waals surface area contributed by atoms with Crippen LogP contribution in [0.1, 0.15) is 16.8 Å². The highest BCUT2D eigenvalue weighted by atomic mass is 19.1. The Bertz CT molecular complexity index is 532. The average molecular weight is 270 g/mol. The molecule has 0 aromatic heterocycles. The summed E-state index contributed by atoms with van der Waals surface area (Å²) in [5.41, 5.74) is 4.73. The van der Waals surface area contributed by atoms with Gasteiger partial charge in [0.15, 0.2) is 0 Å². The maximum atomic E-state index is 13.0. The lowest BCUT2D eigenvalue weighted by atomic mass is 10.1. The van der Waals surface area contributed by atoms with Gasteiger partial charge in [-0.25, -0.2) is 9.18 Å². The summed E-state index contributed by atoms with van der Waals surface area (Å²) >= 11 is 0. The molecule has 0 aliphatic carbocycles. The summed E-state index contributed by atoms with van der Waals surface area (Å²) in [6.45, 7) is 0. The SMILES string of the molecule is NC(=O)c1cc(F)ccc1NC(CC(=O)O)C(=O)O. The second-order valence-corrected chi connectivity index (χ2v) is 3.69. The van der Waals surface area contributed by atoms with E-state index in [0.717, 1.165) is 18.2 Å². The minimum atomic E-state index is -1.46. The number of carboxylic acids is 2. The first-order chi connectivity index (χ1) is 8.81. The molecule has 1 atom stereocenters. The monoisotopic (exact) mass is 270 g/mol. The van der Waals surface area contributed by atoms with Crippen LogP contribution in [0.4, 0.5) is 10.1 Å². The number of carbonyl (C=O) groups excluding carboxylic acids is 1. The third-order valence-electron chi connectivity index (χ3n) is 2.25. The predicted octanol–water partition coefficient (Wildman–Crippen LogP) is 0.264. The highest BCUT2D eigenvalue weighted by molar-refractivity contribution is 5.99. The Kier molecular flexibility index (Phi) is 4.41. The van der Waals surface area contributed by atoms with Crippen molar-refractivity contribution >= 4 is 23.5 Å². The van der Waals surface area contributed by atoms with E-state index in [4.69, 9.17) is 15.9 Å². The van der Waals surface area contributed by atoms with Crippen LogP contribution in [0.15, 0.2) is 18.2 Å². The van der Waals surface area contributed by atoms with Crippen molar-refractivity contribution in [3.05, 3.63) is 29.6 Å². The molecule has 5 N–H and O–H groups in total. The predicted molar refractivity (Wildman–Crippen MR) is 62.2 cm³/mol. The fourth-order valence-electron chi connectivity index (χ4n) is 1.41. The van der Waals surface area contributed by atoms with Gasteiger partial charge in [0.1, 0.15) is 11.9 Å². The molecule has 0 aliphatic heterocycles. The summed E-state index contributed by atoms with van der Waals surface area (Å²) in [6.07, 6.45) is -0.703. The van der Waals surface area contributed by atoms with Gasteiger partial charge in [-0.1, -0.05) is 0 Å². The molecule has 0 saturated heterocycles. The number of hydrogen-bond acceptors (Lipinski definition) is 4. The molecule has 19 heavy (non-hydrogen) atoms. The number of primary amides is 1. The Balaban J connectivity index is 3.05. The zero-order valence-corrected chi connectivity index (χ0v) is 9.59. The van der Waals surface area contributed by atoms with Crippen LogP contribution in [0.2, 0.25) is 0 Å². The summed E-state index contributed by atoms with van der Waals surface area (Å²) in [7, 11) is 0. The van der Waals surface area contributed by atoms with Gasteiger partial charge in [0.05, 0.1) is 12.0 Å². The van der Waals surface area contributed by atoms with E-state index in [1.807, 2.05) is 0 Å². The number of carbonyl (C=O) groups is 3. The third kappa shape index (κ3) is 3.95. The average Bonchev–Trinajstić information content (AvgIpc) is 2.29. The van der Waals surface area contributed by atoms with Crippen molar-refractivity contribution < 1.29 is 29.0 Å². The Morgan fingerprint density at radius 2 is 1.95 bits per heavy atom. The summed E-state index contributed by atoms with van der Waals surface area (Å²) in [4.78, 5) is 32.5. The van der Waals surface area contributed by atoms with Crippen molar-refractivity contribution in [2.75, 3.05) is 5.32 Å². The fraction of sp³-hybridized carbons (Fsp3) is 0.182. The van der Waals surface area contributed by atoms with Gasteiger partial charge in [-0.05, 0) is 18.2 Å². The molecule has 1 aromatic rings. The molecule has 0 fully saturated rings. The van der Waals surface area contributed by atoms with E-state index in [2.05, 4.69) is 5.32 Å². The first-order valence-corrected chi connectivity index (χ1v) is 5.11. The number of amides is 1. The molecule has 0 spiro atoms. The number of benzene rings is 1. The van der Waals surface area contributed by atoms with Crippen molar-refractivity contribution in [1.82, 2.24) is 0 Å². The van der Waals surface area contributed by atoms with E-state index < -0.39 is 36.1 Å². The van der Waals surface area contributed by atoms with Gasteiger partial charge in [-0.2, -0.15) is 0 Å². The third-order valence-corrected chi connectivity index (χ3v) is 2.25. The number of nitrogens with two attached hydrogens (primary N) is 1. The van der Waals surface area contributed by atoms with Crippen molar-refractivity contribution in [3.63, 3.8) is 0 Å². The van der Waals surface area contributed by atoms with Gasteiger partial charge < -0.3 is 21.3 Å². The summed E-state index contributed by atoms with van der Waals surface area (Å²) in [5.74, 6) is -4.42. The molecule has 1 rings (SSSR count). The molecule has 0 heterocycles. The van der Waals surface area contributed by atoms with E-state index in [0.29, 0.717) is 0 Å². The molecule has 1 aromatic carbocycles.